The Morgan fingerprint density at radius 3 is 2.33 bits per heavy atom. The lowest BCUT2D eigenvalue weighted by atomic mass is 9.76. The van der Waals surface area contributed by atoms with E-state index in [0.717, 1.165) is 18.4 Å². The summed E-state index contributed by atoms with van der Waals surface area (Å²) >= 11 is 0. The maximum atomic E-state index is 13.1. The van der Waals surface area contributed by atoms with Crippen LogP contribution in [0.5, 0.6) is 0 Å². The van der Waals surface area contributed by atoms with E-state index >= 15 is 0 Å². The quantitative estimate of drug-likeness (QED) is 0.731. The third kappa shape index (κ3) is 2.12. The number of carbonyl (C=O) groups is 1. The highest BCUT2D eigenvalue weighted by atomic mass is 16.1. The Kier molecular flexibility index (Phi) is 3.14. The normalized spacial score (nSPS) is 20.9. The first kappa shape index (κ1) is 12.8. The third-order valence-corrected chi connectivity index (χ3v) is 5.22. The minimum absolute atomic E-state index is 0.0717. The van der Waals surface area contributed by atoms with Crippen molar-refractivity contribution in [2.45, 2.75) is 43.9 Å². The summed E-state index contributed by atoms with van der Waals surface area (Å²) in [5.74, 6) is 1.02. The molecule has 0 bridgehead atoms. The topological polar surface area (TPSA) is 17.1 Å². The van der Waals surface area contributed by atoms with Crippen LogP contribution >= 0.6 is 0 Å². The van der Waals surface area contributed by atoms with Gasteiger partial charge in [0.2, 0.25) is 0 Å². The maximum absolute atomic E-state index is 13.1. The van der Waals surface area contributed by atoms with Gasteiger partial charge < -0.3 is 0 Å². The molecule has 4 rings (SSSR count). The number of aryl methyl sites for hydroxylation is 1. The van der Waals surface area contributed by atoms with Crippen LogP contribution in [-0.2, 0) is 6.42 Å². The van der Waals surface area contributed by atoms with Crippen molar-refractivity contribution in [3.63, 3.8) is 0 Å². The van der Waals surface area contributed by atoms with E-state index in [1.165, 1.54) is 36.0 Å². The van der Waals surface area contributed by atoms with Crippen molar-refractivity contribution < 1.29 is 4.79 Å². The molecule has 0 saturated heterocycles. The molecular weight excluding hydrogens is 256 g/mol. The van der Waals surface area contributed by atoms with E-state index in [1.807, 2.05) is 12.1 Å². The Bertz CT molecular complexity index is 682. The zero-order valence-electron chi connectivity index (χ0n) is 12.2. The first-order valence-electron chi connectivity index (χ1n) is 8.05. The molecular formula is C20H20O. The molecule has 2 aliphatic rings. The first-order chi connectivity index (χ1) is 10.3. The predicted octanol–water partition coefficient (Wildman–Crippen LogP) is 4.87. The van der Waals surface area contributed by atoms with Gasteiger partial charge in [0.1, 0.15) is 0 Å². The second-order valence-corrected chi connectivity index (χ2v) is 6.37. The largest absolute Gasteiger partial charge is 0.293 e. The molecule has 1 heteroatoms. The molecule has 0 N–H and O–H groups in total. The number of rotatable bonds is 3. The number of hydrogen-bond acceptors (Lipinski definition) is 1. The molecule has 1 nitrogen and oxygen atoms in total. The van der Waals surface area contributed by atoms with Gasteiger partial charge in [-0.15, -0.1) is 0 Å². The number of ketones is 1. The zero-order chi connectivity index (χ0) is 14.2. The molecule has 0 amide bonds. The standard InChI is InChI=1S/C20H20O/c21-20(19-13-12-15-6-1-2-9-17(15)19)18-11-4-3-10-16(18)14-7-5-8-14/h1-4,6,9-11,14,19H,5,7-8,12-13H2. The van der Waals surface area contributed by atoms with Crippen molar-refractivity contribution in [1.82, 2.24) is 0 Å². The highest BCUT2D eigenvalue weighted by molar-refractivity contribution is 6.03. The van der Waals surface area contributed by atoms with E-state index in [0.29, 0.717) is 11.7 Å². The van der Waals surface area contributed by atoms with E-state index in [4.69, 9.17) is 0 Å². The van der Waals surface area contributed by atoms with E-state index < -0.39 is 0 Å². The van der Waals surface area contributed by atoms with E-state index in [2.05, 4.69) is 36.4 Å². The van der Waals surface area contributed by atoms with Crippen molar-refractivity contribution in [3.05, 3.63) is 70.8 Å². The lowest BCUT2D eigenvalue weighted by Gasteiger charge is -2.28. The van der Waals surface area contributed by atoms with Gasteiger partial charge in [0.15, 0.2) is 5.78 Å². The lowest BCUT2D eigenvalue weighted by molar-refractivity contribution is 0.0957. The van der Waals surface area contributed by atoms with Gasteiger partial charge in [-0.3, -0.25) is 4.79 Å². The van der Waals surface area contributed by atoms with Gasteiger partial charge in [-0.1, -0.05) is 55.0 Å². The summed E-state index contributed by atoms with van der Waals surface area (Å²) < 4.78 is 0. The first-order valence-corrected chi connectivity index (χ1v) is 8.05. The maximum Gasteiger partial charge on any atom is 0.170 e. The van der Waals surface area contributed by atoms with Crippen LogP contribution in [0.25, 0.3) is 0 Å². The average Bonchev–Trinajstić information content (AvgIpc) is 2.89. The van der Waals surface area contributed by atoms with E-state index in [1.54, 1.807) is 0 Å². The molecule has 2 aromatic rings. The van der Waals surface area contributed by atoms with Crippen LogP contribution in [0.1, 0.15) is 64.6 Å². The summed E-state index contributed by atoms with van der Waals surface area (Å²) in [7, 11) is 0. The summed E-state index contributed by atoms with van der Waals surface area (Å²) in [5, 5.41) is 0. The van der Waals surface area contributed by atoms with Crippen LogP contribution in [0.2, 0.25) is 0 Å². The highest BCUT2D eigenvalue weighted by Gasteiger charge is 2.32. The van der Waals surface area contributed by atoms with Crippen molar-refractivity contribution in [2.75, 3.05) is 0 Å². The van der Waals surface area contributed by atoms with Crippen LogP contribution in [-0.4, -0.2) is 5.78 Å². The Labute approximate surface area is 126 Å². The predicted molar refractivity (Wildman–Crippen MR) is 84.9 cm³/mol. The second kappa shape index (κ2) is 5.14. The summed E-state index contributed by atoms with van der Waals surface area (Å²) in [6.45, 7) is 0. The highest BCUT2D eigenvalue weighted by Crippen LogP contribution is 2.41. The molecule has 0 spiro atoms. The number of Topliss-reactive ketones (excluding diaryl/α,β-unsaturated/α-hetero) is 1. The van der Waals surface area contributed by atoms with Crippen molar-refractivity contribution in [2.24, 2.45) is 0 Å². The summed E-state index contributed by atoms with van der Waals surface area (Å²) in [6.07, 6.45) is 5.80. The summed E-state index contributed by atoms with van der Waals surface area (Å²) in [6, 6.07) is 16.7. The van der Waals surface area contributed by atoms with Crippen molar-refractivity contribution in [3.8, 4) is 0 Å². The molecule has 2 aliphatic carbocycles. The second-order valence-electron chi connectivity index (χ2n) is 6.37. The van der Waals surface area contributed by atoms with Crippen molar-refractivity contribution in [1.29, 1.82) is 0 Å². The zero-order valence-corrected chi connectivity index (χ0v) is 12.2. The van der Waals surface area contributed by atoms with Crippen LogP contribution in [0.4, 0.5) is 0 Å². The lowest BCUT2D eigenvalue weighted by Crippen LogP contribution is -2.17. The summed E-state index contributed by atoms with van der Waals surface area (Å²) in [5.41, 5.74) is 4.88. The molecule has 1 fully saturated rings. The fourth-order valence-electron chi connectivity index (χ4n) is 3.81. The van der Waals surface area contributed by atoms with Gasteiger partial charge >= 0.3 is 0 Å². The van der Waals surface area contributed by atoms with Gasteiger partial charge in [0.05, 0.1) is 0 Å². The number of hydrogen-bond donors (Lipinski definition) is 0. The average molecular weight is 276 g/mol. The van der Waals surface area contributed by atoms with E-state index in [9.17, 15) is 4.79 Å². The smallest absolute Gasteiger partial charge is 0.170 e. The van der Waals surface area contributed by atoms with Gasteiger partial charge in [-0.25, -0.2) is 0 Å². The van der Waals surface area contributed by atoms with Crippen molar-refractivity contribution >= 4 is 5.78 Å². The molecule has 1 saturated carbocycles. The van der Waals surface area contributed by atoms with Gasteiger partial charge in [0.25, 0.3) is 0 Å². The Hall–Kier alpha value is -1.89. The molecule has 1 unspecified atom stereocenters. The van der Waals surface area contributed by atoms with Gasteiger partial charge in [-0.05, 0) is 48.3 Å². The summed E-state index contributed by atoms with van der Waals surface area (Å²) in [4.78, 5) is 13.1. The number of carbonyl (C=O) groups excluding carboxylic acids is 1. The Morgan fingerprint density at radius 1 is 0.857 bits per heavy atom. The molecule has 0 aromatic heterocycles. The third-order valence-electron chi connectivity index (χ3n) is 5.22. The van der Waals surface area contributed by atoms with Crippen LogP contribution in [0.15, 0.2) is 48.5 Å². The van der Waals surface area contributed by atoms with Crippen LogP contribution in [0, 0.1) is 0 Å². The molecule has 0 heterocycles. The molecule has 0 aliphatic heterocycles. The number of fused-ring (bicyclic) bond motifs is 1. The Balaban J connectivity index is 1.70. The minimum atomic E-state index is 0.0717. The van der Waals surface area contributed by atoms with Crippen LogP contribution < -0.4 is 0 Å². The fourth-order valence-corrected chi connectivity index (χ4v) is 3.81. The fraction of sp³-hybridized carbons (Fsp3) is 0.350. The van der Waals surface area contributed by atoms with Gasteiger partial charge in [0, 0.05) is 11.5 Å². The van der Waals surface area contributed by atoms with E-state index in [-0.39, 0.29) is 5.92 Å². The van der Waals surface area contributed by atoms with Crippen LogP contribution in [0.3, 0.4) is 0 Å². The molecule has 0 radical (unpaired) electrons. The monoisotopic (exact) mass is 276 g/mol. The molecule has 2 aromatic carbocycles. The van der Waals surface area contributed by atoms with Gasteiger partial charge in [-0.2, -0.15) is 0 Å². The molecule has 21 heavy (non-hydrogen) atoms. The molecule has 1 atom stereocenters. The minimum Gasteiger partial charge on any atom is -0.293 e. The molecule has 106 valence electrons. The number of benzene rings is 2. The SMILES string of the molecule is O=C(c1ccccc1C1CCC1)C1CCc2ccccc21. The Morgan fingerprint density at radius 2 is 1.57 bits per heavy atom.